The minimum absolute atomic E-state index is 0.0237. The molecule has 0 radical (unpaired) electrons. The molecule has 0 aliphatic carbocycles. The molecule has 1 atom stereocenters. The van der Waals surface area contributed by atoms with Gasteiger partial charge in [-0.25, -0.2) is 17.6 Å². The number of hydrogen-bond acceptors (Lipinski definition) is 1. The van der Waals surface area contributed by atoms with Crippen molar-refractivity contribution in [3.8, 4) is 0 Å². The van der Waals surface area contributed by atoms with E-state index in [9.17, 15) is 17.6 Å². The quantitative estimate of drug-likeness (QED) is 0.838. The van der Waals surface area contributed by atoms with Gasteiger partial charge in [0.1, 0.15) is 23.3 Å². The van der Waals surface area contributed by atoms with E-state index in [4.69, 9.17) is 11.6 Å². The summed E-state index contributed by atoms with van der Waals surface area (Å²) in [6.07, 6.45) is 0. The van der Waals surface area contributed by atoms with Crippen molar-refractivity contribution in [3.05, 3.63) is 69.8 Å². The second-order valence-corrected chi connectivity index (χ2v) is 4.56. The van der Waals surface area contributed by atoms with E-state index in [2.05, 4.69) is 5.32 Å². The van der Waals surface area contributed by atoms with Crippen molar-refractivity contribution < 1.29 is 17.6 Å². The van der Waals surface area contributed by atoms with Crippen LogP contribution < -0.4 is 5.32 Å². The van der Waals surface area contributed by atoms with Crippen molar-refractivity contribution in [1.29, 1.82) is 0 Å². The standard InChI is InChI=1S/C14H10ClF4N/c1-20-14(8-3-2-4-9(15)13(8)19)12-10(17)5-7(16)6-11(12)18/h2-6,14,20H,1H3. The molecular weight excluding hydrogens is 294 g/mol. The van der Waals surface area contributed by atoms with E-state index < -0.39 is 34.9 Å². The van der Waals surface area contributed by atoms with E-state index in [-0.39, 0.29) is 10.6 Å². The van der Waals surface area contributed by atoms with Gasteiger partial charge in [0.15, 0.2) is 0 Å². The van der Waals surface area contributed by atoms with E-state index in [0.717, 1.165) is 0 Å². The summed E-state index contributed by atoms with van der Waals surface area (Å²) in [5.74, 6) is -4.01. The average molecular weight is 304 g/mol. The first-order chi connectivity index (χ1) is 9.45. The van der Waals surface area contributed by atoms with Gasteiger partial charge in [0, 0.05) is 23.3 Å². The van der Waals surface area contributed by atoms with E-state index in [1.54, 1.807) is 0 Å². The van der Waals surface area contributed by atoms with Gasteiger partial charge in [-0.05, 0) is 13.1 Å². The maximum atomic E-state index is 14.0. The highest BCUT2D eigenvalue weighted by atomic mass is 35.5. The monoisotopic (exact) mass is 303 g/mol. The summed E-state index contributed by atoms with van der Waals surface area (Å²) < 4.78 is 54.5. The first-order valence-electron chi connectivity index (χ1n) is 5.71. The topological polar surface area (TPSA) is 12.0 Å². The third-order valence-corrected chi connectivity index (χ3v) is 3.21. The number of rotatable bonds is 3. The average Bonchev–Trinajstić information content (AvgIpc) is 2.37. The van der Waals surface area contributed by atoms with Crippen molar-refractivity contribution in [2.75, 3.05) is 7.05 Å². The largest absolute Gasteiger partial charge is 0.309 e. The molecule has 0 saturated carbocycles. The molecule has 20 heavy (non-hydrogen) atoms. The third kappa shape index (κ3) is 2.64. The predicted octanol–water partition coefficient (Wildman–Crippen LogP) is 4.21. The summed E-state index contributed by atoms with van der Waals surface area (Å²) in [6, 6.07) is 4.12. The Balaban J connectivity index is 2.62. The van der Waals surface area contributed by atoms with Crippen LogP contribution >= 0.6 is 11.6 Å². The van der Waals surface area contributed by atoms with Gasteiger partial charge >= 0.3 is 0 Å². The summed E-state index contributed by atoms with van der Waals surface area (Å²) in [5.41, 5.74) is -0.487. The summed E-state index contributed by atoms with van der Waals surface area (Å²) in [4.78, 5) is 0. The van der Waals surface area contributed by atoms with Crippen molar-refractivity contribution in [2.45, 2.75) is 6.04 Å². The molecule has 0 aliphatic rings. The van der Waals surface area contributed by atoms with Gasteiger partial charge in [0.2, 0.25) is 0 Å². The van der Waals surface area contributed by atoms with Gasteiger partial charge in [0.25, 0.3) is 0 Å². The number of nitrogens with one attached hydrogen (secondary N) is 1. The molecule has 0 fully saturated rings. The third-order valence-electron chi connectivity index (χ3n) is 2.91. The van der Waals surface area contributed by atoms with Crippen LogP contribution in [0, 0.1) is 23.3 Å². The fourth-order valence-corrected chi connectivity index (χ4v) is 2.21. The first-order valence-corrected chi connectivity index (χ1v) is 6.09. The van der Waals surface area contributed by atoms with Crippen LogP contribution in [-0.2, 0) is 0 Å². The van der Waals surface area contributed by atoms with Crippen LogP contribution in [0.1, 0.15) is 17.2 Å². The molecule has 2 aromatic rings. The van der Waals surface area contributed by atoms with Gasteiger partial charge in [-0.2, -0.15) is 0 Å². The van der Waals surface area contributed by atoms with Crippen molar-refractivity contribution in [3.63, 3.8) is 0 Å². The lowest BCUT2D eigenvalue weighted by Crippen LogP contribution is -2.22. The molecule has 0 heterocycles. The Labute approximate surface area is 118 Å². The Hall–Kier alpha value is -1.59. The highest BCUT2D eigenvalue weighted by molar-refractivity contribution is 6.30. The first kappa shape index (κ1) is 14.8. The second-order valence-electron chi connectivity index (χ2n) is 4.15. The summed E-state index contributed by atoms with van der Waals surface area (Å²) in [7, 11) is 1.41. The van der Waals surface area contributed by atoms with Crippen LogP contribution in [0.2, 0.25) is 5.02 Å². The normalized spacial score (nSPS) is 12.5. The molecule has 0 bridgehead atoms. The number of halogens is 5. The Morgan fingerprint density at radius 1 is 1.05 bits per heavy atom. The van der Waals surface area contributed by atoms with E-state index in [0.29, 0.717) is 12.1 Å². The zero-order valence-corrected chi connectivity index (χ0v) is 11.1. The highest BCUT2D eigenvalue weighted by Crippen LogP contribution is 2.31. The van der Waals surface area contributed by atoms with E-state index in [1.165, 1.54) is 25.2 Å². The number of benzene rings is 2. The molecular formula is C14H10ClF4N. The summed E-state index contributed by atoms with van der Waals surface area (Å²) in [5, 5.41) is 2.44. The molecule has 0 amide bonds. The van der Waals surface area contributed by atoms with Gasteiger partial charge in [-0.15, -0.1) is 0 Å². The Kier molecular flexibility index (Phi) is 4.30. The fourth-order valence-electron chi connectivity index (χ4n) is 2.03. The predicted molar refractivity (Wildman–Crippen MR) is 68.6 cm³/mol. The number of hydrogen-bond donors (Lipinski definition) is 1. The van der Waals surface area contributed by atoms with Crippen LogP contribution in [0.15, 0.2) is 30.3 Å². The van der Waals surface area contributed by atoms with E-state index in [1.807, 2.05) is 0 Å². The lowest BCUT2D eigenvalue weighted by molar-refractivity contribution is 0.491. The zero-order valence-electron chi connectivity index (χ0n) is 10.4. The van der Waals surface area contributed by atoms with Crippen LogP contribution in [0.5, 0.6) is 0 Å². The van der Waals surface area contributed by atoms with Crippen LogP contribution in [0.3, 0.4) is 0 Å². The zero-order chi connectivity index (χ0) is 14.9. The van der Waals surface area contributed by atoms with Crippen molar-refractivity contribution >= 4 is 11.6 Å². The minimum Gasteiger partial charge on any atom is -0.309 e. The maximum absolute atomic E-state index is 14.0. The molecule has 106 valence electrons. The molecule has 0 spiro atoms. The molecule has 2 rings (SSSR count). The van der Waals surface area contributed by atoms with E-state index >= 15 is 0 Å². The lowest BCUT2D eigenvalue weighted by Gasteiger charge is -2.19. The molecule has 1 unspecified atom stereocenters. The molecule has 6 heteroatoms. The Morgan fingerprint density at radius 2 is 1.65 bits per heavy atom. The molecule has 1 N–H and O–H groups in total. The van der Waals surface area contributed by atoms with Crippen LogP contribution in [0.25, 0.3) is 0 Å². The van der Waals surface area contributed by atoms with Gasteiger partial charge < -0.3 is 5.32 Å². The second kappa shape index (κ2) is 5.81. The molecule has 0 saturated heterocycles. The lowest BCUT2D eigenvalue weighted by atomic mass is 9.97. The van der Waals surface area contributed by atoms with Gasteiger partial charge in [-0.3, -0.25) is 0 Å². The summed E-state index contributed by atoms with van der Waals surface area (Å²) in [6.45, 7) is 0. The van der Waals surface area contributed by atoms with Gasteiger partial charge in [0.05, 0.1) is 11.1 Å². The SMILES string of the molecule is CNC(c1cccc(Cl)c1F)c1c(F)cc(F)cc1F. The Bertz CT molecular complexity index is 622. The molecule has 0 aromatic heterocycles. The minimum atomic E-state index is -1.12. The smallest absolute Gasteiger partial charge is 0.146 e. The maximum Gasteiger partial charge on any atom is 0.146 e. The van der Waals surface area contributed by atoms with Crippen molar-refractivity contribution in [2.24, 2.45) is 0 Å². The Morgan fingerprint density at radius 3 is 2.20 bits per heavy atom. The molecule has 2 aromatic carbocycles. The van der Waals surface area contributed by atoms with Crippen LogP contribution in [0.4, 0.5) is 17.6 Å². The van der Waals surface area contributed by atoms with Crippen molar-refractivity contribution in [1.82, 2.24) is 5.32 Å². The van der Waals surface area contributed by atoms with Gasteiger partial charge in [-0.1, -0.05) is 23.7 Å². The van der Waals surface area contributed by atoms with Crippen LogP contribution in [-0.4, -0.2) is 7.05 Å². The molecule has 1 nitrogen and oxygen atoms in total. The fraction of sp³-hybridized carbons (Fsp3) is 0.143. The highest BCUT2D eigenvalue weighted by Gasteiger charge is 2.24. The molecule has 0 aliphatic heterocycles. The summed E-state index contributed by atoms with van der Waals surface area (Å²) >= 11 is 5.66.